The van der Waals surface area contributed by atoms with Crippen molar-refractivity contribution in [2.24, 2.45) is 0 Å². The standard InChI is InChI=1S/C8H7NO2/c1-5(10)6-2-3-8(11)7(9)4-6/h2-4,9H,1H3. The van der Waals surface area contributed by atoms with E-state index in [0.717, 1.165) is 0 Å². The molecule has 0 spiro atoms. The molecule has 0 saturated heterocycles. The number of Topliss-reactive ketones (excluding diaryl/α,β-unsaturated/α-hetero) is 1. The Balaban J connectivity index is 2.98. The number of rotatable bonds is 1. The summed E-state index contributed by atoms with van der Waals surface area (Å²) in [6.45, 7) is 1.40. The molecule has 56 valence electrons. The van der Waals surface area contributed by atoms with Crippen LogP contribution in [0.3, 0.4) is 0 Å². The highest BCUT2D eigenvalue weighted by Gasteiger charge is 2.11. The second-order valence-electron chi connectivity index (χ2n) is 2.27. The van der Waals surface area contributed by atoms with Crippen LogP contribution in [-0.2, 0) is 9.59 Å². The fraction of sp³-hybridized carbons (Fsp3) is 0.125. The van der Waals surface area contributed by atoms with Gasteiger partial charge in [-0.1, -0.05) is 0 Å². The molecule has 1 aliphatic carbocycles. The molecular weight excluding hydrogens is 142 g/mol. The van der Waals surface area contributed by atoms with Crippen LogP contribution < -0.4 is 0 Å². The van der Waals surface area contributed by atoms with Crippen molar-refractivity contribution in [1.82, 2.24) is 0 Å². The first-order valence-corrected chi connectivity index (χ1v) is 3.15. The lowest BCUT2D eigenvalue weighted by Gasteiger charge is -2.01. The number of ketones is 2. The molecule has 0 aliphatic heterocycles. The Hall–Kier alpha value is -1.51. The van der Waals surface area contributed by atoms with Crippen molar-refractivity contribution in [2.45, 2.75) is 6.92 Å². The zero-order valence-corrected chi connectivity index (χ0v) is 6.05. The van der Waals surface area contributed by atoms with Crippen LogP contribution in [-0.4, -0.2) is 17.3 Å². The maximum atomic E-state index is 10.7. The van der Waals surface area contributed by atoms with Gasteiger partial charge in [-0.15, -0.1) is 0 Å². The van der Waals surface area contributed by atoms with E-state index < -0.39 is 0 Å². The third-order valence-electron chi connectivity index (χ3n) is 1.39. The van der Waals surface area contributed by atoms with Gasteiger partial charge < -0.3 is 0 Å². The predicted octanol–water partition coefficient (Wildman–Crippen LogP) is 0.660. The molecule has 0 aromatic carbocycles. The second kappa shape index (κ2) is 2.62. The topological polar surface area (TPSA) is 58.0 Å². The maximum absolute atomic E-state index is 10.7. The van der Waals surface area contributed by atoms with E-state index in [1.54, 1.807) is 0 Å². The SMILES string of the molecule is CC(=O)C1=CC(=N)C(=O)C=C1. The lowest BCUT2D eigenvalue weighted by Crippen LogP contribution is -2.13. The highest BCUT2D eigenvalue weighted by atomic mass is 16.1. The maximum Gasteiger partial charge on any atom is 0.203 e. The summed E-state index contributed by atoms with van der Waals surface area (Å²) in [6.07, 6.45) is 3.95. The highest BCUT2D eigenvalue weighted by Crippen LogP contribution is 2.05. The fourth-order valence-corrected chi connectivity index (χ4v) is 0.749. The molecule has 0 fully saturated rings. The molecule has 0 aromatic rings. The summed E-state index contributed by atoms with van der Waals surface area (Å²) in [6, 6.07) is 0. The first kappa shape index (κ1) is 7.60. The van der Waals surface area contributed by atoms with Crippen LogP contribution in [0.4, 0.5) is 0 Å². The molecule has 0 amide bonds. The molecule has 0 saturated carbocycles. The van der Waals surface area contributed by atoms with Crippen molar-refractivity contribution in [1.29, 1.82) is 5.41 Å². The van der Waals surface area contributed by atoms with Gasteiger partial charge in [0.1, 0.15) is 5.71 Å². The van der Waals surface area contributed by atoms with Crippen LogP contribution in [0.5, 0.6) is 0 Å². The van der Waals surface area contributed by atoms with Gasteiger partial charge in [0, 0.05) is 5.57 Å². The fourth-order valence-electron chi connectivity index (χ4n) is 0.749. The zero-order chi connectivity index (χ0) is 8.43. The number of allylic oxidation sites excluding steroid dienone is 4. The minimum absolute atomic E-state index is 0.126. The number of carbonyl (C=O) groups excluding carboxylic acids is 2. The predicted molar refractivity (Wildman–Crippen MR) is 40.6 cm³/mol. The first-order chi connectivity index (χ1) is 5.11. The van der Waals surface area contributed by atoms with E-state index in [9.17, 15) is 9.59 Å². The summed E-state index contributed by atoms with van der Waals surface area (Å²) in [4.78, 5) is 21.4. The lowest BCUT2D eigenvalue weighted by atomic mass is 10.0. The van der Waals surface area contributed by atoms with Crippen LogP contribution in [0.2, 0.25) is 0 Å². The van der Waals surface area contributed by atoms with Gasteiger partial charge in [0.2, 0.25) is 5.78 Å². The largest absolute Gasteiger partial charge is 0.297 e. The molecule has 0 unspecified atom stereocenters. The molecule has 1 aliphatic rings. The number of hydrogen-bond acceptors (Lipinski definition) is 3. The van der Waals surface area contributed by atoms with Crippen molar-refractivity contribution in [3.63, 3.8) is 0 Å². The Labute approximate surface area is 63.9 Å². The third kappa shape index (κ3) is 1.49. The van der Waals surface area contributed by atoms with E-state index in [0.29, 0.717) is 5.57 Å². The summed E-state index contributed by atoms with van der Waals surface area (Å²) in [5, 5.41) is 7.09. The minimum Gasteiger partial charge on any atom is -0.297 e. The molecule has 1 rings (SSSR count). The van der Waals surface area contributed by atoms with Crippen LogP contribution in [0.25, 0.3) is 0 Å². The van der Waals surface area contributed by atoms with Crippen molar-refractivity contribution >= 4 is 17.3 Å². The smallest absolute Gasteiger partial charge is 0.203 e. The monoisotopic (exact) mass is 149 g/mol. The molecular formula is C8H7NO2. The summed E-state index contributed by atoms with van der Waals surface area (Å²) >= 11 is 0. The van der Waals surface area contributed by atoms with Crippen LogP contribution >= 0.6 is 0 Å². The second-order valence-corrected chi connectivity index (χ2v) is 2.27. The highest BCUT2D eigenvalue weighted by molar-refractivity contribution is 6.48. The molecule has 0 bridgehead atoms. The van der Waals surface area contributed by atoms with Gasteiger partial charge in [-0.25, -0.2) is 0 Å². The Bertz CT molecular complexity index is 297. The number of nitrogens with one attached hydrogen (secondary N) is 1. The molecule has 11 heavy (non-hydrogen) atoms. The van der Waals surface area contributed by atoms with Crippen molar-refractivity contribution in [2.75, 3.05) is 0 Å². The van der Waals surface area contributed by atoms with Gasteiger partial charge in [-0.05, 0) is 25.2 Å². The Morgan fingerprint density at radius 1 is 1.45 bits per heavy atom. The van der Waals surface area contributed by atoms with Crippen molar-refractivity contribution in [3.8, 4) is 0 Å². The molecule has 3 nitrogen and oxygen atoms in total. The van der Waals surface area contributed by atoms with E-state index in [1.165, 1.54) is 25.2 Å². The first-order valence-electron chi connectivity index (χ1n) is 3.15. The lowest BCUT2D eigenvalue weighted by molar-refractivity contribution is -0.113. The van der Waals surface area contributed by atoms with Gasteiger partial charge in [-0.3, -0.25) is 15.0 Å². The average Bonchev–Trinajstić information content (AvgIpc) is 1.94. The van der Waals surface area contributed by atoms with Gasteiger partial charge >= 0.3 is 0 Å². The van der Waals surface area contributed by atoms with Crippen molar-refractivity contribution < 1.29 is 9.59 Å². The van der Waals surface area contributed by atoms with E-state index in [-0.39, 0.29) is 17.3 Å². The number of hydrogen-bond donors (Lipinski definition) is 1. The van der Waals surface area contributed by atoms with Crippen molar-refractivity contribution in [3.05, 3.63) is 23.8 Å². The van der Waals surface area contributed by atoms with E-state index in [2.05, 4.69) is 0 Å². The quantitative estimate of drug-likeness (QED) is 0.557. The van der Waals surface area contributed by atoms with Gasteiger partial charge in [0.05, 0.1) is 0 Å². The summed E-state index contributed by atoms with van der Waals surface area (Å²) < 4.78 is 0. The number of carbonyl (C=O) groups is 2. The third-order valence-corrected chi connectivity index (χ3v) is 1.39. The normalized spacial score (nSPS) is 16.6. The molecule has 0 radical (unpaired) electrons. The Morgan fingerprint density at radius 2 is 2.09 bits per heavy atom. The Morgan fingerprint density at radius 3 is 2.55 bits per heavy atom. The zero-order valence-electron chi connectivity index (χ0n) is 6.05. The van der Waals surface area contributed by atoms with E-state index >= 15 is 0 Å². The van der Waals surface area contributed by atoms with Gasteiger partial charge in [0.15, 0.2) is 5.78 Å². The molecule has 0 atom stereocenters. The van der Waals surface area contributed by atoms with E-state index in [1.807, 2.05) is 0 Å². The van der Waals surface area contributed by atoms with Crippen LogP contribution in [0, 0.1) is 5.41 Å². The van der Waals surface area contributed by atoms with Crippen LogP contribution in [0.1, 0.15) is 6.92 Å². The molecule has 0 heterocycles. The van der Waals surface area contributed by atoms with Crippen LogP contribution in [0.15, 0.2) is 23.8 Å². The Kier molecular flexibility index (Phi) is 1.81. The summed E-state index contributed by atoms with van der Waals surface area (Å²) in [5.74, 6) is -0.478. The average molecular weight is 149 g/mol. The minimum atomic E-state index is -0.352. The van der Waals surface area contributed by atoms with Gasteiger partial charge in [0.25, 0.3) is 0 Å². The van der Waals surface area contributed by atoms with Gasteiger partial charge in [-0.2, -0.15) is 0 Å². The summed E-state index contributed by atoms with van der Waals surface area (Å²) in [5.41, 5.74) is 0.285. The molecule has 0 aromatic heterocycles. The van der Waals surface area contributed by atoms with E-state index in [4.69, 9.17) is 5.41 Å². The molecule has 3 heteroatoms. The molecule has 1 N–H and O–H groups in total. The summed E-state index contributed by atoms with van der Waals surface area (Å²) in [7, 11) is 0.